The van der Waals surface area contributed by atoms with Gasteiger partial charge in [-0.3, -0.25) is 9.59 Å². The molecule has 1 saturated heterocycles. The van der Waals surface area contributed by atoms with Gasteiger partial charge < -0.3 is 14.8 Å². The summed E-state index contributed by atoms with van der Waals surface area (Å²) >= 11 is 24.7. The van der Waals surface area contributed by atoms with Crippen LogP contribution in [-0.4, -0.2) is 45.8 Å². The molecule has 2 heterocycles. The van der Waals surface area contributed by atoms with E-state index < -0.39 is 33.4 Å². The Morgan fingerprint density at radius 2 is 1.84 bits per heavy atom. The number of rotatable bonds is 1. The number of fused-ring (bicyclic) bond motifs is 3. The first-order valence-electron chi connectivity index (χ1n) is 12.8. The predicted octanol–water partition coefficient (Wildman–Crippen LogP) is 5.83. The van der Waals surface area contributed by atoms with Gasteiger partial charge in [0.05, 0.1) is 6.42 Å². The second kappa shape index (κ2) is 11.1. The van der Waals surface area contributed by atoms with Gasteiger partial charge >= 0.3 is 11.9 Å². The lowest BCUT2D eigenvalue weighted by Gasteiger charge is -2.41. The molecule has 0 aromatic carbocycles. The third-order valence-electron chi connectivity index (χ3n) is 8.19. The molecule has 0 spiro atoms. The van der Waals surface area contributed by atoms with E-state index in [1.165, 1.54) is 6.08 Å². The molecule has 204 valence electrons. The maximum atomic E-state index is 12.9. The number of carbonyl (C=O) groups is 3. The number of cyclic esters (lactones) is 2. The van der Waals surface area contributed by atoms with Gasteiger partial charge in [-0.25, -0.2) is 4.79 Å². The molecular formula is C27H33Cl4NO5. The van der Waals surface area contributed by atoms with Crippen molar-refractivity contribution in [3.05, 3.63) is 35.5 Å². The highest BCUT2D eigenvalue weighted by Crippen LogP contribution is 2.50. The van der Waals surface area contributed by atoms with E-state index in [1.807, 2.05) is 12.2 Å². The lowest BCUT2D eigenvalue weighted by molar-refractivity contribution is -0.156. The molecule has 1 N–H and O–H groups in total. The molecule has 2 fully saturated rings. The first-order valence-corrected chi connectivity index (χ1v) is 14.3. The number of esters is 2. The Balaban J connectivity index is 1.68. The van der Waals surface area contributed by atoms with Crippen molar-refractivity contribution >= 4 is 64.2 Å². The Morgan fingerprint density at radius 3 is 2.49 bits per heavy atom. The van der Waals surface area contributed by atoms with Crippen molar-refractivity contribution in [3.8, 4) is 0 Å². The zero-order valence-corrected chi connectivity index (χ0v) is 24.2. The van der Waals surface area contributed by atoms with E-state index in [9.17, 15) is 14.4 Å². The number of hydrogen-bond donors (Lipinski definition) is 1. The van der Waals surface area contributed by atoms with Crippen molar-refractivity contribution in [2.45, 2.75) is 74.3 Å². The number of allylic oxidation sites excluding steroid dienone is 4. The van der Waals surface area contributed by atoms with Crippen molar-refractivity contribution in [1.82, 2.24) is 5.32 Å². The fraction of sp³-hybridized carbons (Fsp3) is 0.667. The van der Waals surface area contributed by atoms with Gasteiger partial charge in [0.1, 0.15) is 12.2 Å². The third kappa shape index (κ3) is 6.51. The number of carbonyl (C=O) groups excluding carboxylic acids is 3. The van der Waals surface area contributed by atoms with Crippen LogP contribution in [-0.2, 0) is 23.9 Å². The summed E-state index contributed by atoms with van der Waals surface area (Å²) in [6.45, 7) is 6.70. The molecule has 0 radical (unpaired) electrons. The average molecular weight is 593 g/mol. The molecule has 6 nitrogen and oxygen atoms in total. The molecule has 2 aliphatic carbocycles. The Morgan fingerprint density at radius 1 is 1.14 bits per heavy atom. The van der Waals surface area contributed by atoms with Gasteiger partial charge in [0.25, 0.3) is 0 Å². The highest BCUT2D eigenvalue weighted by Gasteiger charge is 2.50. The van der Waals surface area contributed by atoms with Crippen LogP contribution >= 0.6 is 46.4 Å². The van der Waals surface area contributed by atoms with Gasteiger partial charge in [0.15, 0.2) is 0 Å². The highest BCUT2D eigenvalue weighted by molar-refractivity contribution is 6.68. The first-order chi connectivity index (χ1) is 17.3. The SMILES string of the molecule is C/C1=C\[C@H](C)CC[C@H](C(Cl)(Cl)Cl)OC(=O)C[C@@H]([C@H]2C[C@H]2Cl)OC(=O)/C=C/[C@@H]2[C@@H]1CC=C1C(=O)NC[C@@]12C. The Kier molecular flexibility index (Phi) is 8.65. The minimum atomic E-state index is -1.80. The molecule has 8 atom stereocenters. The van der Waals surface area contributed by atoms with E-state index >= 15 is 0 Å². The topological polar surface area (TPSA) is 81.7 Å². The van der Waals surface area contributed by atoms with Crippen LogP contribution in [0.15, 0.2) is 35.5 Å². The number of alkyl halides is 4. The summed E-state index contributed by atoms with van der Waals surface area (Å²) in [5.41, 5.74) is 1.46. The van der Waals surface area contributed by atoms with Crippen molar-refractivity contribution in [1.29, 1.82) is 0 Å². The predicted molar refractivity (Wildman–Crippen MR) is 145 cm³/mol. The van der Waals surface area contributed by atoms with Gasteiger partial charge in [-0.2, -0.15) is 0 Å². The second-order valence-corrected chi connectivity index (χ2v) is 14.0. The molecule has 0 aromatic rings. The minimum absolute atomic E-state index is 0.0581. The zero-order valence-electron chi connectivity index (χ0n) is 21.1. The molecule has 37 heavy (non-hydrogen) atoms. The Bertz CT molecular complexity index is 1030. The van der Waals surface area contributed by atoms with Crippen molar-refractivity contribution in [2.24, 2.45) is 29.1 Å². The van der Waals surface area contributed by atoms with E-state index in [0.29, 0.717) is 32.2 Å². The minimum Gasteiger partial charge on any atom is -0.458 e. The molecule has 4 rings (SSSR count). The van der Waals surface area contributed by atoms with Crippen LogP contribution in [0, 0.1) is 29.1 Å². The molecule has 1 saturated carbocycles. The fourth-order valence-corrected chi connectivity index (χ4v) is 6.76. The number of amides is 1. The summed E-state index contributed by atoms with van der Waals surface area (Å²) < 4.78 is 9.48. The quantitative estimate of drug-likeness (QED) is 0.235. The van der Waals surface area contributed by atoms with Crippen molar-refractivity contribution in [3.63, 3.8) is 0 Å². The van der Waals surface area contributed by atoms with Gasteiger partial charge in [0, 0.05) is 34.9 Å². The fourth-order valence-electron chi connectivity index (χ4n) is 5.94. The molecule has 1 amide bonds. The third-order valence-corrected chi connectivity index (χ3v) is 9.42. The van der Waals surface area contributed by atoms with E-state index in [4.69, 9.17) is 55.9 Å². The maximum absolute atomic E-state index is 12.9. The van der Waals surface area contributed by atoms with Gasteiger partial charge in [-0.15, -0.1) is 11.6 Å². The van der Waals surface area contributed by atoms with Crippen molar-refractivity contribution in [2.75, 3.05) is 6.54 Å². The summed E-state index contributed by atoms with van der Waals surface area (Å²) in [5.74, 6) is -1.27. The zero-order chi connectivity index (χ0) is 27.1. The molecule has 0 bridgehead atoms. The lowest BCUT2D eigenvalue weighted by Crippen LogP contribution is -2.38. The smallest absolute Gasteiger partial charge is 0.330 e. The lowest BCUT2D eigenvalue weighted by atomic mass is 9.61. The van der Waals surface area contributed by atoms with Crippen molar-refractivity contribution < 1.29 is 23.9 Å². The summed E-state index contributed by atoms with van der Waals surface area (Å²) in [6.07, 6.45) is 7.96. The van der Waals surface area contributed by atoms with E-state index in [-0.39, 0.29) is 41.4 Å². The summed E-state index contributed by atoms with van der Waals surface area (Å²) in [5, 5.41) is 2.79. The number of halogens is 4. The number of hydrogen-bond acceptors (Lipinski definition) is 5. The Hall–Kier alpha value is -1.21. The monoisotopic (exact) mass is 591 g/mol. The van der Waals surface area contributed by atoms with Gasteiger partial charge in [-0.1, -0.05) is 72.5 Å². The Labute approximate surface area is 238 Å². The average Bonchev–Trinajstić information content (AvgIpc) is 3.45. The molecule has 0 unspecified atom stereocenters. The standard InChI is InChI=1S/C27H33Cl4NO5/c1-14-4-8-22(27(29,30)31)37-24(34)12-21(17-11-20(17)28)36-23(33)9-7-18-16(15(2)10-14)5-6-19-25(35)32-13-26(18,19)3/h6-7,9-10,14,16-18,20-22H,4-5,8,11-13H2,1-3H3,(H,32,35)/b9-7+,15-10+/t14-,16-,17+,18-,20-,21+,22-,26-/m1/s1. The summed E-state index contributed by atoms with van der Waals surface area (Å²) in [4.78, 5) is 38.3. The van der Waals surface area contributed by atoms with Crippen LogP contribution in [0.25, 0.3) is 0 Å². The van der Waals surface area contributed by atoms with Gasteiger partial charge in [-0.05, 0) is 50.4 Å². The summed E-state index contributed by atoms with van der Waals surface area (Å²) in [7, 11) is 0. The van der Waals surface area contributed by atoms with Gasteiger partial charge in [0.2, 0.25) is 9.70 Å². The van der Waals surface area contributed by atoms with Crippen LogP contribution < -0.4 is 5.32 Å². The van der Waals surface area contributed by atoms with Crippen LogP contribution in [0.3, 0.4) is 0 Å². The summed E-state index contributed by atoms with van der Waals surface area (Å²) in [6, 6.07) is 0. The maximum Gasteiger partial charge on any atom is 0.330 e. The highest BCUT2D eigenvalue weighted by atomic mass is 35.6. The second-order valence-electron chi connectivity index (χ2n) is 11.0. The van der Waals surface area contributed by atoms with Crippen LogP contribution in [0.2, 0.25) is 0 Å². The molecule has 2 aliphatic heterocycles. The molecular weight excluding hydrogens is 560 g/mol. The molecule has 4 aliphatic rings. The van der Waals surface area contributed by atoms with E-state index in [1.54, 1.807) is 0 Å². The normalized spacial score (nSPS) is 41.7. The molecule has 10 heteroatoms. The van der Waals surface area contributed by atoms with E-state index in [0.717, 1.165) is 11.1 Å². The van der Waals surface area contributed by atoms with Crippen LogP contribution in [0.1, 0.15) is 52.9 Å². The van der Waals surface area contributed by atoms with Crippen LogP contribution in [0.4, 0.5) is 0 Å². The van der Waals surface area contributed by atoms with E-state index in [2.05, 4.69) is 32.2 Å². The number of ether oxygens (including phenoxy) is 2. The largest absolute Gasteiger partial charge is 0.458 e. The first kappa shape index (κ1) is 28.8. The van der Waals surface area contributed by atoms with Crippen LogP contribution in [0.5, 0.6) is 0 Å². The molecule has 0 aromatic heterocycles. The number of nitrogens with one attached hydrogen (secondary N) is 1.